The van der Waals surface area contributed by atoms with Crippen molar-refractivity contribution in [3.8, 4) is 6.07 Å². The summed E-state index contributed by atoms with van der Waals surface area (Å²) in [5.74, 6) is -0.253. The highest BCUT2D eigenvalue weighted by molar-refractivity contribution is 14.1. The van der Waals surface area contributed by atoms with Crippen LogP contribution in [0.3, 0.4) is 0 Å². The molecule has 0 aliphatic carbocycles. The van der Waals surface area contributed by atoms with E-state index in [4.69, 9.17) is 10.00 Å². The van der Waals surface area contributed by atoms with Crippen LogP contribution in [0.25, 0.3) is 0 Å². The SMILES string of the molecule is CCOC(=O)Cc1cc(I)cc(C#N)c1C. The van der Waals surface area contributed by atoms with Crippen molar-refractivity contribution in [2.45, 2.75) is 20.3 Å². The first kappa shape index (κ1) is 13.0. The molecule has 0 saturated carbocycles. The van der Waals surface area contributed by atoms with E-state index < -0.39 is 0 Å². The van der Waals surface area contributed by atoms with Crippen molar-refractivity contribution in [2.75, 3.05) is 6.61 Å². The molecule has 0 N–H and O–H groups in total. The zero-order valence-corrected chi connectivity index (χ0v) is 11.4. The summed E-state index contributed by atoms with van der Waals surface area (Å²) in [5, 5.41) is 8.94. The third kappa shape index (κ3) is 3.20. The van der Waals surface area contributed by atoms with Gasteiger partial charge in [0.2, 0.25) is 0 Å². The van der Waals surface area contributed by atoms with Crippen LogP contribution in [0.1, 0.15) is 23.6 Å². The summed E-state index contributed by atoms with van der Waals surface area (Å²) < 4.78 is 5.85. The van der Waals surface area contributed by atoms with Crippen molar-refractivity contribution in [1.82, 2.24) is 0 Å². The average molecular weight is 329 g/mol. The minimum absolute atomic E-state index is 0.227. The fourth-order valence-corrected chi connectivity index (χ4v) is 2.09. The molecule has 1 aromatic rings. The third-order valence-corrected chi connectivity index (χ3v) is 2.86. The van der Waals surface area contributed by atoms with Gasteiger partial charge in [0.1, 0.15) is 0 Å². The molecule has 0 radical (unpaired) electrons. The lowest BCUT2D eigenvalue weighted by atomic mass is 10.0. The van der Waals surface area contributed by atoms with E-state index in [1.54, 1.807) is 6.92 Å². The number of hydrogen-bond donors (Lipinski definition) is 0. The molecule has 0 aromatic heterocycles. The van der Waals surface area contributed by atoms with Gasteiger partial charge >= 0.3 is 5.97 Å². The summed E-state index contributed by atoms with van der Waals surface area (Å²) in [7, 11) is 0. The molecular weight excluding hydrogens is 317 g/mol. The van der Waals surface area contributed by atoms with Crippen molar-refractivity contribution in [3.05, 3.63) is 32.4 Å². The third-order valence-electron chi connectivity index (χ3n) is 2.24. The summed E-state index contributed by atoms with van der Waals surface area (Å²) in [6.45, 7) is 4.01. The quantitative estimate of drug-likeness (QED) is 0.633. The normalized spacial score (nSPS) is 9.62. The molecule has 0 amide bonds. The Morgan fingerprint density at radius 2 is 2.25 bits per heavy atom. The van der Waals surface area contributed by atoms with Crippen molar-refractivity contribution < 1.29 is 9.53 Å². The first-order valence-corrected chi connectivity index (χ1v) is 6.01. The number of hydrogen-bond acceptors (Lipinski definition) is 3. The number of carbonyl (C=O) groups excluding carboxylic acids is 1. The number of ether oxygens (including phenoxy) is 1. The van der Waals surface area contributed by atoms with Crippen LogP contribution in [-0.4, -0.2) is 12.6 Å². The Bertz CT molecular complexity index is 449. The molecule has 0 saturated heterocycles. The van der Waals surface area contributed by atoms with Gasteiger partial charge in [0.25, 0.3) is 0 Å². The number of nitriles is 1. The van der Waals surface area contributed by atoms with Crippen molar-refractivity contribution in [3.63, 3.8) is 0 Å². The van der Waals surface area contributed by atoms with Gasteiger partial charge in [-0.2, -0.15) is 5.26 Å². The lowest BCUT2D eigenvalue weighted by Crippen LogP contribution is -2.09. The fraction of sp³-hybridized carbons (Fsp3) is 0.333. The van der Waals surface area contributed by atoms with Gasteiger partial charge in [-0.3, -0.25) is 4.79 Å². The van der Waals surface area contributed by atoms with Gasteiger partial charge in [0.05, 0.1) is 24.7 Å². The topological polar surface area (TPSA) is 50.1 Å². The van der Waals surface area contributed by atoms with Crippen LogP contribution in [0.5, 0.6) is 0 Å². The van der Waals surface area contributed by atoms with E-state index in [0.29, 0.717) is 12.2 Å². The van der Waals surface area contributed by atoms with Crippen LogP contribution in [-0.2, 0) is 16.0 Å². The summed E-state index contributed by atoms with van der Waals surface area (Å²) in [4.78, 5) is 11.4. The molecule has 84 valence electrons. The van der Waals surface area contributed by atoms with Crippen LogP contribution in [0.15, 0.2) is 12.1 Å². The van der Waals surface area contributed by atoms with E-state index in [0.717, 1.165) is 14.7 Å². The average Bonchev–Trinajstić information content (AvgIpc) is 2.23. The van der Waals surface area contributed by atoms with E-state index >= 15 is 0 Å². The van der Waals surface area contributed by atoms with E-state index in [2.05, 4.69) is 28.7 Å². The number of carbonyl (C=O) groups is 1. The maximum atomic E-state index is 11.4. The Hall–Kier alpha value is -1.09. The first-order chi connectivity index (χ1) is 7.58. The van der Waals surface area contributed by atoms with Gasteiger partial charge in [-0.1, -0.05) is 0 Å². The van der Waals surface area contributed by atoms with E-state index in [-0.39, 0.29) is 12.4 Å². The van der Waals surface area contributed by atoms with Gasteiger partial charge in [0.15, 0.2) is 0 Å². The molecular formula is C12H12INO2. The summed E-state index contributed by atoms with van der Waals surface area (Å²) in [5.41, 5.74) is 2.34. The van der Waals surface area contributed by atoms with Crippen molar-refractivity contribution in [2.24, 2.45) is 0 Å². The van der Waals surface area contributed by atoms with E-state index in [1.165, 1.54) is 0 Å². The Morgan fingerprint density at radius 3 is 2.81 bits per heavy atom. The molecule has 0 bridgehead atoms. The predicted octanol–water partition coefficient (Wildman–Crippen LogP) is 2.58. The van der Waals surface area contributed by atoms with Crippen LogP contribution in [0.2, 0.25) is 0 Å². The van der Waals surface area contributed by atoms with Crippen molar-refractivity contribution in [1.29, 1.82) is 5.26 Å². The van der Waals surface area contributed by atoms with E-state index in [1.807, 2.05) is 19.1 Å². The fourth-order valence-electron chi connectivity index (χ4n) is 1.40. The zero-order valence-electron chi connectivity index (χ0n) is 9.21. The maximum Gasteiger partial charge on any atom is 0.310 e. The first-order valence-electron chi connectivity index (χ1n) is 4.93. The Balaban J connectivity index is 3.01. The lowest BCUT2D eigenvalue weighted by Gasteiger charge is -2.08. The van der Waals surface area contributed by atoms with Crippen LogP contribution < -0.4 is 0 Å². The second kappa shape index (κ2) is 5.85. The second-order valence-electron chi connectivity index (χ2n) is 3.33. The van der Waals surface area contributed by atoms with Crippen molar-refractivity contribution >= 4 is 28.6 Å². The largest absolute Gasteiger partial charge is 0.466 e. The molecule has 16 heavy (non-hydrogen) atoms. The molecule has 4 heteroatoms. The Morgan fingerprint density at radius 1 is 1.56 bits per heavy atom. The summed E-state index contributed by atoms with van der Waals surface area (Å²) >= 11 is 2.14. The molecule has 0 atom stereocenters. The highest BCUT2D eigenvalue weighted by Gasteiger charge is 2.10. The van der Waals surface area contributed by atoms with Crippen LogP contribution in [0.4, 0.5) is 0 Å². The smallest absolute Gasteiger partial charge is 0.310 e. The van der Waals surface area contributed by atoms with E-state index in [9.17, 15) is 4.79 Å². The van der Waals surface area contributed by atoms with Gasteiger partial charge in [-0.15, -0.1) is 0 Å². The number of esters is 1. The van der Waals surface area contributed by atoms with Gasteiger partial charge in [0, 0.05) is 3.57 Å². The molecule has 3 nitrogen and oxygen atoms in total. The van der Waals surface area contributed by atoms with Crippen LogP contribution >= 0.6 is 22.6 Å². The molecule has 1 aromatic carbocycles. The predicted molar refractivity (Wildman–Crippen MR) is 68.9 cm³/mol. The molecule has 0 unspecified atom stereocenters. The number of rotatable bonds is 3. The Kier molecular flexibility index (Phi) is 4.74. The molecule has 1 rings (SSSR count). The molecule has 0 heterocycles. The number of nitrogens with zero attached hydrogens (tertiary/aromatic N) is 1. The van der Waals surface area contributed by atoms with Gasteiger partial charge in [-0.25, -0.2) is 0 Å². The van der Waals surface area contributed by atoms with Gasteiger partial charge < -0.3 is 4.74 Å². The summed E-state index contributed by atoms with van der Waals surface area (Å²) in [6.07, 6.45) is 0.227. The molecule has 0 fully saturated rings. The lowest BCUT2D eigenvalue weighted by molar-refractivity contribution is -0.142. The molecule has 0 aliphatic rings. The Labute approximate surface area is 109 Å². The molecule has 0 spiro atoms. The van der Waals surface area contributed by atoms with Crippen LogP contribution in [0, 0.1) is 21.8 Å². The zero-order chi connectivity index (χ0) is 12.1. The maximum absolute atomic E-state index is 11.4. The second-order valence-corrected chi connectivity index (χ2v) is 4.58. The number of benzene rings is 1. The van der Waals surface area contributed by atoms with Gasteiger partial charge in [-0.05, 0) is 59.7 Å². The minimum atomic E-state index is -0.253. The molecule has 0 aliphatic heterocycles. The minimum Gasteiger partial charge on any atom is -0.466 e. The number of halogens is 1. The highest BCUT2D eigenvalue weighted by atomic mass is 127. The standard InChI is InChI=1S/C12H12INO2/c1-3-16-12(15)6-9-4-11(13)5-10(7-14)8(9)2/h4-5H,3,6H2,1-2H3. The highest BCUT2D eigenvalue weighted by Crippen LogP contribution is 2.18. The summed E-state index contributed by atoms with van der Waals surface area (Å²) in [6, 6.07) is 5.85. The monoisotopic (exact) mass is 329 g/mol.